The Morgan fingerprint density at radius 1 is 1.36 bits per heavy atom. The highest BCUT2D eigenvalue weighted by molar-refractivity contribution is 5.83. The van der Waals surface area contributed by atoms with Gasteiger partial charge in [-0.3, -0.25) is 19.9 Å². The lowest BCUT2D eigenvalue weighted by molar-refractivity contribution is -0.129. The molecule has 0 bridgehead atoms. The second kappa shape index (κ2) is 10.7. The van der Waals surface area contributed by atoms with Crippen LogP contribution in [0.25, 0.3) is 0 Å². The molecule has 0 unspecified atom stereocenters. The second-order valence-corrected chi connectivity index (χ2v) is 6.57. The average molecular weight is 400 g/mol. The molecule has 1 aromatic rings. The van der Waals surface area contributed by atoms with E-state index in [0.717, 1.165) is 23.6 Å². The maximum absolute atomic E-state index is 14.2. The van der Waals surface area contributed by atoms with Crippen LogP contribution in [-0.4, -0.2) is 39.5 Å². The Bertz CT molecular complexity index is 741. The first-order valence-corrected chi connectivity index (χ1v) is 9.21. The van der Waals surface area contributed by atoms with Crippen molar-refractivity contribution >= 4 is 17.8 Å². The minimum absolute atomic E-state index is 0.0143. The quantitative estimate of drug-likeness (QED) is 0.328. The summed E-state index contributed by atoms with van der Waals surface area (Å²) in [6, 6.07) is 0. The van der Waals surface area contributed by atoms with Crippen molar-refractivity contribution in [2.45, 2.75) is 64.2 Å². The van der Waals surface area contributed by atoms with Gasteiger partial charge in [-0.2, -0.15) is 4.98 Å². The Labute approximate surface area is 161 Å². The molecule has 28 heavy (non-hydrogen) atoms. The van der Waals surface area contributed by atoms with Gasteiger partial charge in [0, 0.05) is 6.42 Å². The summed E-state index contributed by atoms with van der Waals surface area (Å²) in [7, 11) is 0. The van der Waals surface area contributed by atoms with E-state index >= 15 is 0 Å². The molecule has 2 heterocycles. The number of halogens is 1. The fraction of sp³-hybridized carbons (Fsp3) is 0.647. The zero-order valence-corrected chi connectivity index (χ0v) is 15.6. The van der Waals surface area contributed by atoms with Crippen LogP contribution in [0, 0.1) is 5.82 Å². The molecule has 3 N–H and O–H groups in total. The van der Waals surface area contributed by atoms with Crippen molar-refractivity contribution in [3.05, 3.63) is 22.5 Å². The van der Waals surface area contributed by atoms with Gasteiger partial charge in [0.25, 0.3) is 0 Å². The molecule has 10 nitrogen and oxygen atoms in total. The molecule has 2 rings (SSSR count). The summed E-state index contributed by atoms with van der Waals surface area (Å²) < 4.78 is 25.7. The van der Waals surface area contributed by atoms with Crippen LogP contribution in [0.1, 0.15) is 58.1 Å². The Balaban J connectivity index is 1.74. The Kier molecular flexibility index (Phi) is 8.33. The maximum Gasteiger partial charge on any atom is 0.412 e. The van der Waals surface area contributed by atoms with Crippen molar-refractivity contribution in [2.24, 2.45) is 0 Å². The van der Waals surface area contributed by atoms with Gasteiger partial charge in [0.05, 0.1) is 18.9 Å². The van der Waals surface area contributed by atoms with E-state index in [9.17, 15) is 18.8 Å². The summed E-state index contributed by atoms with van der Waals surface area (Å²) in [6.45, 7) is 1.97. The Morgan fingerprint density at radius 2 is 2.11 bits per heavy atom. The van der Waals surface area contributed by atoms with Gasteiger partial charge in [0.2, 0.25) is 5.91 Å². The van der Waals surface area contributed by atoms with Crippen LogP contribution in [0.5, 0.6) is 0 Å². The number of hydrogen-bond acceptors (Lipinski definition) is 7. The minimum Gasteiger partial charge on any atom is -0.449 e. The van der Waals surface area contributed by atoms with Crippen molar-refractivity contribution in [3.8, 4) is 0 Å². The van der Waals surface area contributed by atoms with Crippen LogP contribution < -0.4 is 16.5 Å². The molecule has 11 heteroatoms. The summed E-state index contributed by atoms with van der Waals surface area (Å²) in [4.78, 5) is 38.2. The minimum atomic E-state index is -0.908. The van der Waals surface area contributed by atoms with Crippen LogP contribution in [0.3, 0.4) is 0 Å². The van der Waals surface area contributed by atoms with Gasteiger partial charge in [-0.25, -0.2) is 19.5 Å². The second-order valence-electron chi connectivity index (χ2n) is 6.57. The molecule has 0 spiro atoms. The van der Waals surface area contributed by atoms with E-state index in [4.69, 9.17) is 14.7 Å². The molecule has 156 valence electrons. The first-order valence-electron chi connectivity index (χ1n) is 9.21. The highest BCUT2D eigenvalue weighted by atomic mass is 19.1. The Hall–Kier alpha value is -2.53. The van der Waals surface area contributed by atoms with Crippen molar-refractivity contribution in [1.29, 1.82) is 0 Å². The molecule has 1 fully saturated rings. The lowest BCUT2D eigenvalue weighted by Gasteiger charge is -2.15. The standard InChI is InChI=1S/C17H25FN4O6/c1-11-7-8-14(28-11)22-10-12(18)15(19-16(22)24)20-17(25)27-9-5-3-2-4-6-13(23)21-26/h10-11,14,26H,2-9H2,1H3,(H,21,23)(H,19,20,24,25)/t11-,14-/m1/s1. The normalized spacial score (nSPS) is 18.7. The molecule has 0 radical (unpaired) electrons. The summed E-state index contributed by atoms with van der Waals surface area (Å²) in [5.74, 6) is -1.80. The number of ether oxygens (including phenoxy) is 2. The number of amides is 2. The van der Waals surface area contributed by atoms with Crippen molar-refractivity contribution in [2.75, 3.05) is 11.9 Å². The van der Waals surface area contributed by atoms with Crippen molar-refractivity contribution in [1.82, 2.24) is 15.0 Å². The van der Waals surface area contributed by atoms with Crippen LogP contribution in [0.2, 0.25) is 0 Å². The maximum atomic E-state index is 14.2. The topological polar surface area (TPSA) is 132 Å². The number of hydroxylamine groups is 1. The lowest BCUT2D eigenvalue weighted by Crippen LogP contribution is -2.29. The van der Waals surface area contributed by atoms with Crippen LogP contribution in [-0.2, 0) is 14.3 Å². The summed E-state index contributed by atoms with van der Waals surface area (Å²) in [6.07, 6.45) is 3.67. The molecule has 1 aliphatic heterocycles. The van der Waals surface area contributed by atoms with Gasteiger partial charge < -0.3 is 9.47 Å². The molecule has 0 aliphatic carbocycles. The zero-order chi connectivity index (χ0) is 20.5. The van der Waals surface area contributed by atoms with E-state index in [0.29, 0.717) is 25.7 Å². The van der Waals surface area contributed by atoms with Crippen molar-refractivity contribution < 1.29 is 28.7 Å². The smallest absolute Gasteiger partial charge is 0.412 e. The molecule has 1 aliphatic rings. The van der Waals surface area contributed by atoms with Gasteiger partial charge in [-0.05, 0) is 32.6 Å². The largest absolute Gasteiger partial charge is 0.449 e. The van der Waals surface area contributed by atoms with E-state index in [1.807, 2.05) is 6.92 Å². The first kappa shape index (κ1) is 21.8. The van der Waals surface area contributed by atoms with E-state index in [2.05, 4.69) is 10.3 Å². The number of nitrogens with zero attached hydrogens (tertiary/aromatic N) is 2. The van der Waals surface area contributed by atoms with Gasteiger partial charge in [0.1, 0.15) is 6.23 Å². The zero-order valence-electron chi connectivity index (χ0n) is 15.6. The lowest BCUT2D eigenvalue weighted by atomic mass is 10.1. The molecule has 1 saturated heterocycles. The Morgan fingerprint density at radius 3 is 2.79 bits per heavy atom. The van der Waals surface area contributed by atoms with Crippen LogP contribution >= 0.6 is 0 Å². The third kappa shape index (κ3) is 6.57. The molecular weight excluding hydrogens is 375 g/mol. The first-order chi connectivity index (χ1) is 13.4. The molecule has 2 atom stereocenters. The third-order valence-corrected chi connectivity index (χ3v) is 4.30. The van der Waals surface area contributed by atoms with E-state index < -0.39 is 35.6 Å². The highest BCUT2D eigenvalue weighted by Gasteiger charge is 2.25. The average Bonchev–Trinajstić information content (AvgIpc) is 3.09. The van der Waals surface area contributed by atoms with Crippen molar-refractivity contribution in [3.63, 3.8) is 0 Å². The van der Waals surface area contributed by atoms with E-state index in [1.54, 1.807) is 5.48 Å². The van der Waals surface area contributed by atoms with Crippen LogP contribution in [0.4, 0.5) is 15.0 Å². The number of carbonyl (C=O) groups is 2. The predicted molar refractivity (Wildman–Crippen MR) is 95.3 cm³/mol. The van der Waals surface area contributed by atoms with Gasteiger partial charge >= 0.3 is 11.8 Å². The summed E-state index contributed by atoms with van der Waals surface area (Å²) in [5.41, 5.74) is 0.831. The molecule has 2 amide bonds. The number of rotatable bonds is 9. The summed E-state index contributed by atoms with van der Waals surface area (Å²) in [5, 5.41) is 10.5. The number of nitrogens with one attached hydrogen (secondary N) is 2. The van der Waals surface area contributed by atoms with E-state index in [1.165, 1.54) is 0 Å². The fourth-order valence-electron chi connectivity index (χ4n) is 2.82. The molecule has 0 saturated carbocycles. The number of unbranched alkanes of at least 4 members (excludes halogenated alkanes) is 3. The monoisotopic (exact) mass is 400 g/mol. The molecule has 0 aromatic carbocycles. The number of hydrogen-bond donors (Lipinski definition) is 3. The number of carbonyl (C=O) groups excluding carboxylic acids is 2. The SMILES string of the molecule is C[C@@H]1CC[C@H](n2cc(F)c(NC(=O)OCCCCCCC(=O)NO)nc2=O)O1. The fourth-order valence-corrected chi connectivity index (χ4v) is 2.82. The molecule has 1 aromatic heterocycles. The highest BCUT2D eigenvalue weighted by Crippen LogP contribution is 2.27. The molecular formula is C17H25FN4O6. The van der Waals surface area contributed by atoms with Gasteiger partial charge in [-0.1, -0.05) is 12.8 Å². The van der Waals surface area contributed by atoms with Gasteiger partial charge in [-0.15, -0.1) is 0 Å². The van der Waals surface area contributed by atoms with Gasteiger partial charge in [0.15, 0.2) is 11.6 Å². The number of anilines is 1. The summed E-state index contributed by atoms with van der Waals surface area (Å²) >= 11 is 0. The third-order valence-electron chi connectivity index (χ3n) is 4.30. The number of aromatic nitrogens is 2. The predicted octanol–water partition coefficient (Wildman–Crippen LogP) is 2.08. The van der Waals surface area contributed by atoms with E-state index in [-0.39, 0.29) is 19.1 Å². The van der Waals surface area contributed by atoms with Crippen LogP contribution in [0.15, 0.2) is 11.0 Å².